The normalized spacial score (nSPS) is 10.2. The van der Waals surface area contributed by atoms with E-state index in [-0.39, 0.29) is 5.91 Å². The Balaban J connectivity index is 2.37. The third-order valence-electron chi connectivity index (χ3n) is 2.61. The standard InChI is InChI=1S/C14H22N2O/c1-3-5-12-7-9-13(10-8-12)16-14(17)6-4-11-15-2/h7-10,15H,3-6,11H2,1-2H3,(H,16,17). The number of anilines is 1. The quantitative estimate of drug-likeness (QED) is 0.712. The van der Waals surface area contributed by atoms with Gasteiger partial charge in [0.25, 0.3) is 0 Å². The second-order valence-electron chi connectivity index (χ2n) is 4.20. The zero-order valence-corrected chi connectivity index (χ0v) is 10.8. The molecule has 0 aliphatic rings. The van der Waals surface area contributed by atoms with Crippen LogP contribution in [0.5, 0.6) is 0 Å². The molecular weight excluding hydrogens is 212 g/mol. The highest BCUT2D eigenvalue weighted by molar-refractivity contribution is 5.90. The maximum atomic E-state index is 11.6. The molecule has 0 unspecified atom stereocenters. The van der Waals surface area contributed by atoms with E-state index in [1.54, 1.807) is 0 Å². The van der Waals surface area contributed by atoms with E-state index in [1.165, 1.54) is 5.56 Å². The van der Waals surface area contributed by atoms with Gasteiger partial charge in [-0.3, -0.25) is 4.79 Å². The highest BCUT2D eigenvalue weighted by Crippen LogP contribution is 2.11. The Bertz CT molecular complexity index is 333. The van der Waals surface area contributed by atoms with Crippen LogP contribution >= 0.6 is 0 Å². The van der Waals surface area contributed by atoms with Gasteiger partial charge in [0.05, 0.1) is 0 Å². The number of carbonyl (C=O) groups excluding carboxylic acids is 1. The first-order valence-electron chi connectivity index (χ1n) is 6.29. The van der Waals surface area contributed by atoms with Crippen molar-refractivity contribution in [2.75, 3.05) is 18.9 Å². The van der Waals surface area contributed by atoms with Gasteiger partial charge in [-0.25, -0.2) is 0 Å². The second kappa shape index (κ2) is 7.85. The van der Waals surface area contributed by atoms with E-state index in [2.05, 4.69) is 29.7 Å². The van der Waals surface area contributed by atoms with Crippen LogP contribution in [-0.2, 0) is 11.2 Å². The van der Waals surface area contributed by atoms with Crippen LogP contribution in [0.4, 0.5) is 5.69 Å². The molecule has 0 fully saturated rings. The first kappa shape index (κ1) is 13.7. The second-order valence-corrected chi connectivity index (χ2v) is 4.20. The first-order valence-corrected chi connectivity index (χ1v) is 6.29. The fourth-order valence-corrected chi connectivity index (χ4v) is 1.69. The molecule has 2 N–H and O–H groups in total. The predicted octanol–water partition coefficient (Wildman–Crippen LogP) is 2.58. The zero-order chi connectivity index (χ0) is 12.5. The fraction of sp³-hybridized carbons (Fsp3) is 0.500. The minimum Gasteiger partial charge on any atom is -0.326 e. The highest BCUT2D eigenvalue weighted by atomic mass is 16.1. The van der Waals surface area contributed by atoms with Crippen molar-refractivity contribution in [2.45, 2.75) is 32.6 Å². The first-order chi connectivity index (χ1) is 8.26. The Morgan fingerprint density at radius 3 is 2.53 bits per heavy atom. The Kier molecular flexibility index (Phi) is 6.33. The van der Waals surface area contributed by atoms with Gasteiger partial charge in [0.15, 0.2) is 0 Å². The number of nitrogens with one attached hydrogen (secondary N) is 2. The third-order valence-corrected chi connectivity index (χ3v) is 2.61. The molecule has 0 heterocycles. The van der Waals surface area contributed by atoms with E-state index in [1.807, 2.05) is 19.2 Å². The van der Waals surface area contributed by atoms with Gasteiger partial charge in [0.1, 0.15) is 0 Å². The van der Waals surface area contributed by atoms with E-state index in [0.29, 0.717) is 6.42 Å². The molecule has 1 aromatic rings. The minimum absolute atomic E-state index is 0.0866. The molecule has 0 saturated carbocycles. The van der Waals surface area contributed by atoms with E-state index >= 15 is 0 Å². The Morgan fingerprint density at radius 2 is 1.94 bits per heavy atom. The van der Waals surface area contributed by atoms with Crippen molar-refractivity contribution in [2.24, 2.45) is 0 Å². The molecule has 0 radical (unpaired) electrons. The Hall–Kier alpha value is -1.35. The average Bonchev–Trinajstić information content (AvgIpc) is 2.32. The summed E-state index contributed by atoms with van der Waals surface area (Å²) in [4.78, 5) is 11.6. The summed E-state index contributed by atoms with van der Waals surface area (Å²) in [6, 6.07) is 8.10. The Morgan fingerprint density at radius 1 is 1.24 bits per heavy atom. The molecule has 1 amide bonds. The molecule has 3 nitrogen and oxygen atoms in total. The summed E-state index contributed by atoms with van der Waals surface area (Å²) in [5.41, 5.74) is 2.21. The number of amides is 1. The lowest BCUT2D eigenvalue weighted by atomic mass is 10.1. The third kappa shape index (κ3) is 5.50. The molecular formula is C14H22N2O. The van der Waals surface area contributed by atoms with Crippen molar-refractivity contribution in [1.29, 1.82) is 0 Å². The van der Waals surface area contributed by atoms with Gasteiger partial charge in [0.2, 0.25) is 5.91 Å². The van der Waals surface area contributed by atoms with Crippen molar-refractivity contribution in [3.63, 3.8) is 0 Å². The van der Waals surface area contributed by atoms with Crippen molar-refractivity contribution in [3.05, 3.63) is 29.8 Å². The van der Waals surface area contributed by atoms with Crippen molar-refractivity contribution in [1.82, 2.24) is 5.32 Å². The molecule has 0 spiro atoms. The highest BCUT2D eigenvalue weighted by Gasteiger charge is 2.01. The summed E-state index contributed by atoms with van der Waals surface area (Å²) < 4.78 is 0. The molecule has 1 rings (SSSR count). The molecule has 0 saturated heterocycles. The zero-order valence-electron chi connectivity index (χ0n) is 10.8. The number of carbonyl (C=O) groups is 1. The summed E-state index contributed by atoms with van der Waals surface area (Å²) >= 11 is 0. The van der Waals surface area contributed by atoms with Crippen molar-refractivity contribution < 1.29 is 4.79 Å². The molecule has 0 atom stereocenters. The number of aryl methyl sites for hydroxylation is 1. The lowest BCUT2D eigenvalue weighted by molar-refractivity contribution is -0.116. The van der Waals surface area contributed by atoms with E-state index < -0.39 is 0 Å². The van der Waals surface area contributed by atoms with Crippen LogP contribution in [0.15, 0.2) is 24.3 Å². The fourth-order valence-electron chi connectivity index (χ4n) is 1.69. The molecule has 0 aliphatic carbocycles. The van der Waals surface area contributed by atoms with E-state index in [4.69, 9.17) is 0 Å². The van der Waals surface area contributed by atoms with Gasteiger partial charge < -0.3 is 10.6 Å². The van der Waals surface area contributed by atoms with Crippen molar-refractivity contribution in [3.8, 4) is 0 Å². The number of benzene rings is 1. The lowest BCUT2D eigenvalue weighted by Crippen LogP contribution is -2.15. The topological polar surface area (TPSA) is 41.1 Å². The van der Waals surface area contributed by atoms with Gasteiger partial charge in [-0.05, 0) is 44.1 Å². The molecule has 0 aliphatic heterocycles. The van der Waals surface area contributed by atoms with Crippen LogP contribution < -0.4 is 10.6 Å². The average molecular weight is 234 g/mol. The number of hydrogen-bond donors (Lipinski definition) is 2. The van der Waals surface area contributed by atoms with Crippen LogP contribution in [0.2, 0.25) is 0 Å². The van der Waals surface area contributed by atoms with Crippen LogP contribution in [-0.4, -0.2) is 19.5 Å². The predicted molar refractivity (Wildman–Crippen MR) is 72.2 cm³/mol. The maximum absolute atomic E-state index is 11.6. The molecule has 1 aromatic carbocycles. The summed E-state index contributed by atoms with van der Waals surface area (Å²) in [7, 11) is 1.89. The minimum atomic E-state index is 0.0866. The van der Waals surface area contributed by atoms with Gasteiger partial charge in [0, 0.05) is 12.1 Å². The SMILES string of the molecule is CCCc1ccc(NC(=O)CCCNC)cc1. The van der Waals surface area contributed by atoms with Gasteiger partial charge in [-0.1, -0.05) is 25.5 Å². The maximum Gasteiger partial charge on any atom is 0.224 e. The van der Waals surface area contributed by atoms with Crippen LogP contribution in [0.25, 0.3) is 0 Å². The molecule has 0 bridgehead atoms. The summed E-state index contributed by atoms with van der Waals surface area (Å²) in [6.07, 6.45) is 3.68. The van der Waals surface area contributed by atoms with Crippen LogP contribution in [0.3, 0.4) is 0 Å². The lowest BCUT2D eigenvalue weighted by Gasteiger charge is -2.06. The molecule has 94 valence electrons. The van der Waals surface area contributed by atoms with E-state index in [0.717, 1.165) is 31.5 Å². The summed E-state index contributed by atoms with van der Waals surface area (Å²) in [5, 5.41) is 5.93. The number of hydrogen-bond acceptors (Lipinski definition) is 2. The van der Waals surface area contributed by atoms with E-state index in [9.17, 15) is 4.79 Å². The largest absolute Gasteiger partial charge is 0.326 e. The Labute approximate surface area is 104 Å². The monoisotopic (exact) mass is 234 g/mol. The smallest absolute Gasteiger partial charge is 0.224 e. The van der Waals surface area contributed by atoms with Gasteiger partial charge in [-0.2, -0.15) is 0 Å². The molecule has 17 heavy (non-hydrogen) atoms. The summed E-state index contributed by atoms with van der Waals surface area (Å²) in [6.45, 7) is 3.04. The van der Waals surface area contributed by atoms with Gasteiger partial charge in [-0.15, -0.1) is 0 Å². The molecule has 3 heteroatoms. The summed E-state index contributed by atoms with van der Waals surface area (Å²) in [5.74, 6) is 0.0866. The number of rotatable bonds is 7. The van der Waals surface area contributed by atoms with Crippen LogP contribution in [0.1, 0.15) is 31.7 Å². The van der Waals surface area contributed by atoms with Gasteiger partial charge >= 0.3 is 0 Å². The van der Waals surface area contributed by atoms with Crippen LogP contribution in [0, 0.1) is 0 Å². The van der Waals surface area contributed by atoms with Crippen molar-refractivity contribution >= 4 is 11.6 Å². The molecule has 0 aromatic heterocycles.